The van der Waals surface area contributed by atoms with Crippen LogP contribution < -0.4 is 0 Å². The molecule has 4 aromatic carbocycles. The van der Waals surface area contributed by atoms with Gasteiger partial charge in [-0.05, 0) is 50.9 Å². The summed E-state index contributed by atoms with van der Waals surface area (Å²) in [6, 6.07) is 40.1. The van der Waals surface area contributed by atoms with Crippen molar-refractivity contribution >= 4 is 19.2 Å². The van der Waals surface area contributed by atoms with E-state index in [4.69, 9.17) is 0 Å². The normalized spacial score (nSPS) is 17.0. The molecule has 0 aliphatic heterocycles. The summed E-state index contributed by atoms with van der Waals surface area (Å²) in [5.41, 5.74) is 11.8. The lowest BCUT2D eigenvalue weighted by atomic mass is 9.99. The summed E-state index contributed by atoms with van der Waals surface area (Å²) < 4.78 is 0. The van der Waals surface area contributed by atoms with Gasteiger partial charge in [0, 0.05) is 5.54 Å². The number of allylic oxidation sites excluding steroid dienone is 2. The Morgan fingerprint density at radius 1 is 0.606 bits per heavy atom. The van der Waals surface area contributed by atoms with E-state index in [9.17, 15) is 0 Å². The number of hydrogen-bond donors (Lipinski definition) is 0. The van der Waals surface area contributed by atoms with Gasteiger partial charge in [0.2, 0.25) is 0 Å². The molecule has 0 heterocycles. The Balaban J connectivity index is 1.54. The quantitative estimate of drug-likeness (QED) is 0.282. The van der Waals surface area contributed by atoms with Crippen molar-refractivity contribution in [3.05, 3.63) is 154 Å². The summed E-state index contributed by atoms with van der Waals surface area (Å²) in [6.07, 6.45) is 3.66. The Kier molecular flexibility index (Phi) is 4.81. The van der Waals surface area contributed by atoms with Crippen LogP contribution in [0.3, 0.4) is 0 Å². The fourth-order valence-corrected chi connectivity index (χ4v) is 9.42. The zero-order valence-electron chi connectivity index (χ0n) is 19.3. The van der Waals surface area contributed by atoms with Gasteiger partial charge in [0.05, 0.1) is 8.07 Å². The van der Waals surface area contributed by atoms with Crippen LogP contribution in [0.25, 0.3) is 11.1 Å². The third-order valence-electron chi connectivity index (χ3n) is 7.58. The summed E-state index contributed by atoms with van der Waals surface area (Å²) in [7, 11) is -1.90. The fraction of sp³-hybridized carbons (Fsp3) is 0.125. The van der Waals surface area contributed by atoms with Gasteiger partial charge in [0.1, 0.15) is 0 Å². The lowest BCUT2D eigenvalue weighted by Gasteiger charge is -2.32. The van der Waals surface area contributed by atoms with Gasteiger partial charge >= 0.3 is 0 Å². The Labute approximate surface area is 198 Å². The van der Waals surface area contributed by atoms with Gasteiger partial charge in [-0.3, -0.25) is 0 Å². The van der Waals surface area contributed by atoms with Crippen molar-refractivity contribution in [1.82, 2.24) is 0 Å². The highest BCUT2D eigenvalue weighted by molar-refractivity contribution is 6.87. The molecule has 33 heavy (non-hydrogen) atoms. The minimum Gasteiger partial charge on any atom is -0.0709 e. The second-order valence-electron chi connectivity index (χ2n) is 9.79. The predicted octanol–water partition coefficient (Wildman–Crippen LogP) is 8.06. The van der Waals surface area contributed by atoms with Gasteiger partial charge in [-0.15, -0.1) is 0 Å². The van der Waals surface area contributed by atoms with Gasteiger partial charge in [-0.2, -0.15) is 0 Å². The Hall–Kier alpha value is -3.42. The van der Waals surface area contributed by atoms with Crippen molar-refractivity contribution in [2.45, 2.75) is 25.1 Å². The minimum absolute atomic E-state index is 0.465. The minimum atomic E-state index is -1.90. The Morgan fingerprint density at radius 3 is 1.91 bits per heavy atom. The average Bonchev–Trinajstić information content (AvgIpc) is 3.45. The summed E-state index contributed by atoms with van der Waals surface area (Å²) in [4.78, 5) is 0. The lowest BCUT2D eigenvalue weighted by Crippen LogP contribution is -2.37. The van der Waals surface area contributed by atoms with Crippen LogP contribution in [0.15, 0.2) is 120 Å². The molecule has 0 saturated heterocycles. The van der Waals surface area contributed by atoms with Crippen LogP contribution in [0.1, 0.15) is 38.9 Å². The maximum atomic E-state index is 2.59. The highest BCUT2D eigenvalue weighted by atomic mass is 28.3. The summed E-state index contributed by atoms with van der Waals surface area (Å²) in [6.45, 7) is 5.17. The van der Waals surface area contributed by atoms with E-state index in [0.29, 0.717) is 5.54 Å². The standard InChI is InChI=1S/C32H28Si/c1-33(2,30-22-29(23-13-5-3-6-14-23)27-19-11-12-20-28(27)30)31-21-25-17-9-10-18-26(25)32(31)24-15-7-4-8-16-24/h3-20,22,30H,21H2,1-2H3. The second-order valence-corrected chi connectivity index (χ2v) is 14.5. The molecule has 2 aliphatic rings. The van der Waals surface area contributed by atoms with E-state index < -0.39 is 8.07 Å². The third-order valence-corrected chi connectivity index (χ3v) is 11.6. The first kappa shape index (κ1) is 20.2. The Morgan fingerprint density at radius 2 is 1.18 bits per heavy atom. The van der Waals surface area contributed by atoms with Crippen molar-refractivity contribution in [3.63, 3.8) is 0 Å². The average molecular weight is 441 g/mol. The fourth-order valence-electron chi connectivity index (χ4n) is 5.86. The van der Waals surface area contributed by atoms with E-state index in [1.807, 2.05) is 0 Å². The zero-order valence-corrected chi connectivity index (χ0v) is 20.3. The number of rotatable bonds is 4. The van der Waals surface area contributed by atoms with E-state index >= 15 is 0 Å². The topological polar surface area (TPSA) is 0 Å². The molecule has 6 rings (SSSR count). The molecule has 0 bridgehead atoms. The first-order valence-electron chi connectivity index (χ1n) is 11.9. The molecular formula is C32H28Si. The van der Waals surface area contributed by atoms with Gasteiger partial charge < -0.3 is 0 Å². The van der Waals surface area contributed by atoms with E-state index in [1.54, 1.807) is 5.20 Å². The van der Waals surface area contributed by atoms with Crippen LogP contribution in [-0.2, 0) is 6.42 Å². The maximum Gasteiger partial charge on any atom is 0.0882 e. The molecule has 0 spiro atoms. The van der Waals surface area contributed by atoms with E-state index in [0.717, 1.165) is 6.42 Å². The number of fused-ring (bicyclic) bond motifs is 2. The summed E-state index contributed by atoms with van der Waals surface area (Å²) in [5, 5.41) is 1.68. The molecule has 0 nitrogen and oxygen atoms in total. The van der Waals surface area contributed by atoms with Gasteiger partial charge in [0.25, 0.3) is 0 Å². The number of benzene rings is 4. The highest BCUT2D eigenvalue weighted by Crippen LogP contribution is 2.50. The molecule has 0 fully saturated rings. The van der Waals surface area contributed by atoms with Crippen molar-refractivity contribution in [2.24, 2.45) is 0 Å². The van der Waals surface area contributed by atoms with Crippen LogP contribution >= 0.6 is 0 Å². The van der Waals surface area contributed by atoms with Crippen molar-refractivity contribution in [2.75, 3.05) is 0 Å². The van der Waals surface area contributed by atoms with E-state index in [1.165, 1.54) is 44.5 Å². The van der Waals surface area contributed by atoms with Crippen LogP contribution in [-0.4, -0.2) is 8.07 Å². The molecule has 0 amide bonds. The molecule has 2 aliphatic carbocycles. The number of hydrogen-bond acceptors (Lipinski definition) is 0. The maximum absolute atomic E-state index is 2.59. The molecule has 4 aromatic rings. The van der Waals surface area contributed by atoms with Crippen LogP contribution in [0.4, 0.5) is 0 Å². The first-order chi connectivity index (χ1) is 16.1. The smallest absolute Gasteiger partial charge is 0.0709 e. The van der Waals surface area contributed by atoms with Gasteiger partial charge in [-0.25, -0.2) is 0 Å². The first-order valence-corrected chi connectivity index (χ1v) is 15.0. The molecule has 0 saturated carbocycles. The second kappa shape index (κ2) is 7.86. The molecule has 1 atom stereocenters. The van der Waals surface area contributed by atoms with Crippen LogP contribution in [0, 0.1) is 0 Å². The van der Waals surface area contributed by atoms with E-state index in [2.05, 4.69) is 128 Å². The van der Waals surface area contributed by atoms with Crippen molar-refractivity contribution < 1.29 is 0 Å². The van der Waals surface area contributed by atoms with Gasteiger partial charge in [0.15, 0.2) is 0 Å². The largest absolute Gasteiger partial charge is 0.0882 e. The summed E-state index contributed by atoms with van der Waals surface area (Å²) in [5.74, 6) is 0. The Bertz CT molecular complexity index is 1390. The molecular weight excluding hydrogens is 412 g/mol. The molecule has 1 heteroatoms. The van der Waals surface area contributed by atoms with Crippen LogP contribution in [0.5, 0.6) is 0 Å². The summed E-state index contributed by atoms with van der Waals surface area (Å²) >= 11 is 0. The lowest BCUT2D eigenvalue weighted by molar-refractivity contribution is 1.13. The predicted molar refractivity (Wildman–Crippen MR) is 143 cm³/mol. The SMILES string of the molecule is C[Si](C)(C1=C(c2ccccc2)c2ccccc2C1)C1C=C(c2ccccc2)c2ccccc21. The van der Waals surface area contributed by atoms with Crippen molar-refractivity contribution in [3.8, 4) is 0 Å². The third kappa shape index (κ3) is 3.27. The molecule has 160 valence electrons. The monoisotopic (exact) mass is 440 g/mol. The van der Waals surface area contributed by atoms with E-state index in [-0.39, 0.29) is 0 Å². The van der Waals surface area contributed by atoms with Gasteiger partial charge in [-0.1, -0.05) is 134 Å². The molecule has 1 unspecified atom stereocenters. The van der Waals surface area contributed by atoms with Crippen molar-refractivity contribution in [1.29, 1.82) is 0 Å². The zero-order chi connectivity index (χ0) is 22.4. The molecule has 0 radical (unpaired) electrons. The van der Waals surface area contributed by atoms with Crippen LogP contribution in [0.2, 0.25) is 13.1 Å². The molecule has 0 N–H and O–H groups in total. The highest BCUT2D eigenvalue weighted by Gasteiger charge is 2.43. The molecule has 0 aromatic heterocycles.